The van der Waals surface area contributed by atoms with Gasteiger partial charge in [0.15, 0.2) is 5.13 Å². The van der Waals surface area contributed by atoms with Crippen LogP contribution in [0.5, 0.6) is 0 Å². The topological polar surface area (TPSA) is 65.5 Å². The molecule has 1 saturated heterocycles. The van der Waals surface area contributed by atoms with Gasteiger partial charge in [0.2, 0.25) is 0 Å². The molecule has 1 aromatic heterocycles. The van der Waals surface area contributed by atoms with Gasteiger partial charge in [-0.05, 0) is 41.3 Å². The van der Waals surface area contributed by atoms with E-state index in [-0.39, 0.29) is 11.8 Å². The Hall–Kier alpha value is -4.00. The first-order valence-electron chi connectivity index (χ1n) is 13.0. The van der Waals surface area contributed by atoms with E-state index in [2.05, 4.69) is 28.5 Å². The molecule has 6 rings (SSSR count). The minimum atomic E-state index is -1.10. The number of benzene rings is 4. The molecule has 0 unspecified atom stereocenters. The zero-order valence-electron chi connectivity index (χ0n) is 21.0. The molecule has 190 valence electrons. The number of hydrogen-bond acceptors (Lipinski definition) is 5. The van der Waals surface area contributed by atoms with Crippen molar-refractivity contribution in [2.45, 2.75) is 18.4 Å². The van der Waals surface area contributed by atoms with Crippen LogP contribution in [-0.4, -0.2) is 34.0 Å². The number of fused-ring (bicyclic) bond motifs is 1. The molecule has 5 aromatic rings. The summed E-state index contributed by atoms with van der Waals surface area (Å²) in [5.41, 5.74) is 2.10. The molecular weight excluding hydrogens is 490 g/mol. The predicted octanol–water partition coefficient (Wildman–Crippen LogP) is 6.83. The number of nitrogens with zero attached hydrogens (tertiary/aromatic N) is 2. The maximum Gasteiger partial charge on any atom is 0.273 e. The third kappa shape index (κ3) is 4.57. The largest absolute Gasteiger partial charge is 0.380 e. The number of hydrogen-bond donors (Lipinski definition) is 2. The van der Waals surface area contributed by atoms with Crippen molar-refractivity contribution in [3.63, 3.8) is 0 Å². The number of aromatic nitrogens is 1. The standard InChI is InChI=1S/C32H29N3O2S/c36-30(29-22-38-31(34-29)33-28-17-9-11-23-10-7-8-16-27(23)28)35-20-18-26(19-21-35)32(37,24-12-3-1-4-13-24)25-14-5-2-6-15-25/h1-17,22,26,37H,18-21H2,(H,33,34). The van der Waals surface area contributed by atoms with Gasteiger partial charge in [0, 0.05) is 29.5 Å². The highest BCUT2D eigenvalue weighted by molar-refractivity contribution is 7.14. The molecule has 1 fully saturated rings. The number of anilines is 2. The number of amides is 1. The Morgan fingerprint density at radius 1 is 0.842 bits per heavy atom. The van der Waals surface area contributed by atoms with Gasteiger partial charge in [-0.15, -0.1) is 11.3 Å². The fourth-order valence-electron chi connectivity index (χ4n) is 5.56. The number of likely N-dealkylation sites (tertiary alicyclic amines) is 1. The maximum atomic E-state index is 13.4. The molecule has 0 atom stereocenters. The van der Waals surface area contributed by atoms with Crippen molar-refractivity contribution in [1.82, 2.24) is 9.88 Å². The number of piperidine rings is 1. The fraction of sp³-hybridized carbons (Fsp3) is 0.188. The number of rotatable bonds is 6. The molecule has 1 aliphatic rings. The first-order chi connectivity index (χ1) is 18.6. The Morgan fingerprint density at radius 3 is 2.13 bits per heavy atom. The zero-order valence-corrected chi connectivity index (χ0v) is 21.8. The Kier molecular flexibility index (Phi) is 6.66. The predicted molar refractivity (Wildman–Crippen MR) is 154 cm³/mol. The van der Waals surface area contributed by atoms with E-state index in [4.69, 9.17) is 0 Å². The molecule has 0 aliphatic carbocycles. The lowest BCUT2D eigenvalue weighted by atomic mass is 9.72. The fourth-order valence-corrected chi connectivity index (χ4v) is 6.26. The van der Waals surface area contributed by atoms with Crippen molar-refractivity contribution in [3.8, 4) is 0 Å². The first-order valence-corrected chi connectivity index (χ1v) is 13.8. The molecule has 1 amide bonds. The Labute approximate surface area is 226 Å². The third-order valence-electron chi connectivity index (χ3n) is 7.56. The van der Waals surface area contributed by atoms with E-state index in [1.165, 1.54) is 11.3 Å². The lowest BCUT2D eigenvalue weighted by molar-refractivity contribution is -0.0123. The van der Waals surface area contributed by atoms with Gasteiger partial charge in [0.25, 0.3) is 5.91 Å². The van der Waals surface area contributed by atoms with Gasteiger partial charge in [-0.3, -0.25) is 4.79 Å². The van der Waals surface area contributed by atoms with E-state index in [0.717, 1.165) is 27.6 Å². The van der Waals surface area contributed by atoms with Crippen molar-refractivity contribution in [1.29, 1.82) is 0 Å². The van der Waals surface area contributed by atoms with E-state index >= 15 is 0 Å². The Bertz CT molecular complexity index is 1500. The van der Waals surface area contributed by atoms with Crippen LogP contribution in [0.2, 0.25) is 0 Å². The van der Waals surface area contributed by atoms with E-state index in [9.17, 15) is 9.90 Å². The number of aliphatic hydroxyl groups is 1. The van der Waals surface area contributed by atoms with Crippen LogP contribution in [0.4, 0.5) is 10.8 Å². The molecule has 0 spiro atoms. The van der Waals surface area contributed by atoms with Crippen LogP contribution in [-0.2, 0) is 5.60 Å². The van der Waals surface area contributed by atoms with Gasteiger partial charge in [0.1, 0.15) is 11.3 Å². The van der Waals surface area contributed by atoms with Crippen LogP contribution in [0, 0.1) is 5.92 Å². The summed E-state index contributed by atoms with van der Waals surface area (Å²) in [6.07, 6.45) is 1.41. The van der Waals surface area contributed by atoms with Gasteiger partial charge in [0.05, 0.1) is 0 Å². The first kappa shape index (κ1) is 24.3. The smallest absolute Gasteiger partial charge is 0.273 e. The SMILES string of the molecule is O=C(c1csc(Nc2cccc3ccccc23)n1)N1CCC(C(O)(c2ccccc2)c2ccccc2)CC1. The molecule has 1 aliphatic heterocycles. The van der Waals surface area contributed by atoms with E-state index in [1.54, 1.807) is 0 Å². The lowest BCUT2D eigenvalue weighted by Crippen LogP contribution is -2.46. The van der Waals surface area contributed by atoms with E-state index in [0.29, 0.717) is 36.8 Å². The summed E-state index contributed by atoms with van der Waals surface area (Å²) in [6.45, 7) is 1.16. The molecule has 0 bridgehead atoms. The second-order valence-corrected chi connectivity index (χ2v) is 10.6. The highest BCUT2D eigenvalue weighted by atomic mass is 32.1. The highest BCUT2D eigenvalue weighted by Gasteiger charge is 2.42. The van der Waals surface area contributed by atoms with E-state index in [1.807, 2.05) is 95.2 Å². The average molecular weight is 520 g/mol. The van der Waals surface area contributed by atoms with Crippen LogP contribution >= 0.6 is 11.3 Å². The minimum absolute atomic E-state index is 0.00428. The lowest BCUT2D eigenvalue weighted by Gasteiger charge is -2.42. The van der Waals surface area contributed by atoms with Crippen molar-refractivity contribution in [2.75, 3.05) is 18.4 Å². The highest BCUT2D eigenvalue weighted by Crippen LogP contribution is 2.42. The molecular formula is C32H29N3O2S. The molecule has 2 heterocycles. The average Bonchev–Trinajstić information content (AvgIpc) is 3.46. The monoisotopic (exact) mass is 519 g/mol. The molecule has 0 saturated carbocycles. The Balaban J connectivity index is 1.17. The summed E-state index contributed by atoms with van der Waals surface area (Å²) in [6, 6.07) is 34.1. The number of carbonyl (C=O) groups is 1. The Morgan fingerprint density at radius 2 is 1.45 bits per heavy atom. The van der Waals surface area contributed by atoms with Crippen LogP contribution < -0.4 is 5.32 Å². The van der Waals surface area contributed by atoms with Gasteiger partial charge in [-0.25, -0.2) is 4.98 Å². The third-order valence-corrected chi connectivity index (χ3v) is 8.31. The second-order valence-electron chi connectivity index (χ2n) is 9.75. The van der Waals surface area contributed by atoms with Crippen LogP contribution in [0.15, 0.2) is 109 Å². The van der Waals surface area contributed by atoms with Crippen LogP contribution in [0.3, 0.4) is 0 Å². The van der Waals surface area contributed by atoms with Gasteiger partial charge >= 0.3 is 0 Å². The normalized spacial score (nSPS) is 14.5. The van der Waals surface area contributed by atoms with Crippen molar-refractivity contribution in [3.05, 3.63) is 125 Å². The summed E-state index contributed by atoms with van der Waals surface area (Å²) in [4.78, 5) is 19.8. The summed E-state index contributed by atoms with van der Waals surface area (Å²) < 4.78 is 0. The van der Waals surface area contributed by atoms with Crippen molar-refractivity contribution < 1.29 is 9.90 Å². The second kappa shape index (κ2) is 10.4. The molecule has 2 N–H and O–H groups in total. The minimum Gasteiger partial charge on any atom is -0.380 e. The summed E-state index contributed by atoms with van der Waals surface area (Å²) >= 11 is 1.43. The number of carbonyl (C=O) groups excluding carboxylic acids is 1. The summed E-state index contributed by atoms with van der Waals surface area (Å²) in [5.74, 6) is -0.0657. The van der Waals surface area contributed by atoms with E-state index < -0.39 is 5.60 Å². The maximum absolute atomic E-state index is 13.4. The number of nitrogens with one attached hydrogen (secondary N) is 1. The van der Waals surface area contributed by atoms with Crippen molar-refractivity contribution >= 4 is 38.8 Å². The zero-order chi connectivity index (χ0) is 26.0. The summed E-state index contributed by atoms with van der Waals surface area (Å²) in [5, 5.41) is 20.3. The quantitative estimate of drug-likeness (QED) is 0.258. The van der Waals surface area contributed by atoms with Crippen LogP contribution in [0.25, 0.3) is 10.8 Å². The molecule has 0 radical (unpaired) electrons. The molecule has 5 nitrogen and oxygen atoms in total. The van der Waals surface area contributed by atoms with Crippen LogP contribution in [0.1, 0.15) is 34.5 Å². The molecule has 6 heteroatoms. The molecule has 4 aromatic carbocycles. The number of thiazole rings is 1. The van der Waals surface area contributed by atoms with Gasteiger partial charge in [-0.1, -0.05) is 97.1 Å². The van der Waals surface area contributed by atoms with Gasteiger partial charge in [-0.2, -0.15) is 0 Å². The summed E-state index contributed by atoms with van der Waals surface area (Å²) in [7, 11) is 0. The van der Waals surface area contributed by atoms with Gasteiger partial charge < -0.3 is 15.3 Å². The van der Waals surface area contributed by atoms with Crippen molar-refractivity contribution in [2.24, 2.45) is 5.92 Å². The molecule has 38 heavy (non-hydrogen) atoms.